The Bertz CT molecular complexity index is 1480. The first-order valence-electron chi connectivity index (χ1n) is 10.4. The lowest BCUT2D eigenvalue weighted by Gasteiger charge is -2.11. The van der Waals surface area contributed by atoms with Crippen LogP contribution in [0.3, 0.4) is 0 Å². The lowest BCUT2D eigenvalue weighted by molar-refractivity contribution is 0.0947. The Labute approximate surface area is 189 Å². The topological polar surface area (TPSA) is 91.6 Å². The van der Waals surface area contributed by atoms with Crippen molar-refractivity contribution in [3.05, 3.63) is 108 Å². The number of hydrogen-bond donors (Lipinski definition) is 3. The first-order valence-corrected chi connectivity index (χ1v) is 10.4. The van der Waals surface area contributed by atoms with E-state index in [1.54, 1.807) is 42.7 Å². The number of amides is 2. The van der Waals surface area contributed by atoms with Crippen molar-refractivity contribution in [2.45, 2.75) is 6.54 Å². The van der Waals surface area contributed by atoms with Gasteiger partial charge < -0.3 is 20.2 Å². The number of rotatable bonds is 5. The molecule has 0 bridgehead atoms. The zero-order valence-electron chi connectivity index (χ0n) is 17.5. The minimum Gasteiger partial charge on any atom is -0.507 e. The molecule has 6 nitrogen and oxygen atoms in total. The lowest BCUT2D eigenvalue weighted by atomic mass is 10.0. The Balaban J connectivity index is 1.42. The summed E-state index contributed by atoms with van der Waals surface area (Å²) in [5.41, 5.74) is 1.23. The van der Waals surface area contributed by atoms with Crippen molar-refractivity contribution in [2.24, 2.45) is 0 Å². The van der Waals surface area contributed by atoms with Crippen molar-refractivity contribution in [2.75, 3.05) is 5.32 Å². The SMILES string of the molecule is O=C(NCc1ccco1)c1ccc2cc(O)c(C(=O)Nc3cccc4ccccc34)cc2c1. The Morgan fingerprint density at radius 1 is 0.788 bits per heavy atom. The summed E-state index contributed by atoms with van der Waals surface area (Å²) in [7, 11) is 0. The van der Waals surface area contributed by atoms with Gasteiger partial charge >= 0.3 is 0 Å². The summed E-state index contributed by atoms with van der Waals surface area (Å²) >= 11 is 0. The average molecular weight is 436 g/mol. The van der Waals surface area contributed by atoms with Crippen molar-refractivity contribution < 1.29 is 19.1 Å². The van der Waals surface area contributed by atoms with E-state index in [-0.39, 0.29) is 23.8 Å². The van der Waals surface area contributed by atoms with Gasteiger partial charge in [-0.3, -0.25) is 9.59 Å². The molecule has 1 heterocycles. The number of aromatic hydroxyl groups is 1. The summed E-state index contributed by atoms with van der Waals surface area (Å²) in [6, 6.07) is 25.2. The molecular weight excluding hydrogens is 416 g/mol. The Morgan fingerprint density at radius 2 is 1.64 bits per heavy atom. The van der Waals surface area contributed by atoms with Crippen LogP contribution < -0.4 is 10.6 Å². The van der Waals surface area contributed by atoms with E-state index in [2.05, 4.69) is 10.6 Å². The standard InChI is InChI=1S/C27H20N2O4/c30-25-15-18-10-11-19(26(31)28-16-21-7-4-12-33-21)13-20(18)14-23(25)27(32)29-24-9-3-6-17-5-1-2-8-22(17)24/h1-15,30H,16H2,(H,28,31)(H,29,32). The molecule has 0 saturated heterocycles. The van der Waals surface area contributed by atoms with Crippen LogP contribution in [-0.4, -0.2) is 16.9 Å². The van der Waals surface area contributed by atoms with Crippen molar-refractivity contribution in [1.82, 2.24) is 5.32 Å². The zero-order chi connectivity index (χ0) is 22.8. The molecule has 0 aliphatic carbocycles. The molecule has 0 spiro atoms. The molecule has 1 aromatic heterocycles. The molecule has 6 heteroatoms. The summed E-state index contributed by atoms with van der Waals surface area (Å²) < 4.78 is 5.23. The highest BCUT2D eigenvalue weighted by Gasteiger charge is 2.15. The number of anilines is 1. The minimum absolute atomic E-state index is 0.128. The van der Waals surface area contributed by atoms with Gasteiger partial charge in [0.2, 0.25) is 0 Å². The molecule has 33 heavy (non-hydrogen) atoms. The Hall–Kier alpha value is -4.58. The zero-order valence-corrected chi connectivity index (χ0v) is 17.5. The molecule has 4 aromatic carbocycles. The lowest BCUT2D eigenvalue weighted by Crippen LogP contribution is -2.22. The van der Waals surface area contributed by atoms with Crippen molar-refractivity contribution in [3.8, 4) is 5.75 Å². The maximum Gasteiger partial charge on any atom is 0.259 e. The second-order valence-electron chi connectivity index (χ2n) is 7.67. The number of fused-ring (bicyclic) bond motifs is 2. The summed E-state index contributed by atoms with van der Waals surface area (Å²) in [6.07, 6.45) is 1.55. The predicted octanol–water partition coefficient (Wildman–Crippen LogP) is 5.47. The molecule has 0 aliphatic heterocycles. The van der Waals surface area contributed by atoms with Gasteiger partial charge in [0.25, 0.3) is 11.8 Å². The molecule has 0 unspecified atom stereocenters. The molecule has 0 saturated carbocycles. The highest BCUT2D eigenvalue weighted by atomic mass is 16.3. The van der Waals surface area contributed by atoms with Gasteiger partial charge in [-0.1, -0.05) is 42.5 Å². The molecule has 3 N–H and O–H groups in total. The molecule has 0 atom stereocenters. The Morgan fingerprint density at radius 3 is 2.48 bits per heavy atom. The van der Waals surface area contributed by atoms with E-state index in [4.69, 9.17) is 4.42 Å². The number of carbonyl (C=O) groups is 2. The van der Waals surface area contributed by atoms with Crippen LogP contribution in [0.25, 0.3) is 21.5 Å². The van der Waals surface area contributed by atoms with Crippen LogP contribution >= 0.6 is 0 Å². The normalized spacial score (nSPS) is 10.9. The molecular formula is C27H20N2O4. The van der Waals surface area contributed by atoms with Gasteiger partial charge in [-0.25, -0.2) is 0 Å². The van der Waals surface area contributed by atoms with Gasteiger partial charge in [0.15, 0.2) is 0 Å². The van der Waals surface area contributed by atoms with E-state index in [1.807, 2.05) is 42.5 Å². The van der Waals surface area contributed by atoms with Gasteiger partial charge in [-0.05, 0) is 58.6 Å². The fourth-order valence-corrected chi connectivity index (χ4v) is 3.82. The van der Waals surface area contributed by atoms with Crippen LogP contribution in [0.2, 0.25) is 0 Å². The molecule has 0 aliphatic rings. The number of nitrogens with one attached hydrogen (secondary N) is 2. The van der Waals surface area contributed by atoms with E-state index >= 15 is 0 Å². The number of carbonyl (C=O) groups excluding carboxylic acids is 2. The molecule has 0 fully saturated rings. The Kier molecular flexibility index (Phi) is 5.24. The maximum absolute atomic E-state index is 13.0. The van der Waals surface area contributed by atoms with Crippen LogP contribution in [0.1, 0.15) is 26.5 Å². The summed E-state index contributed by atoms with van der Waals surface area (Å²) in [5, 5.41) is 19.5. The maximum atomic E-state index is 13.0. The molecule has 5 rings (SSSR count). The third-order valence-corrected chi connectivity index (χ3v) is 5.50. The summed E-state index contributed by atoms with van der Waals surface area (Å²) in [6.45, 7) is 0.276. The van der Waals surface area contributed by atoms with E-state index in [9.17, 15) is 14.7 Å². The van der Waals surface area contributed by atoms with E-state index in [0.29, 0.717) is 22.4 Å². The minimum atomic E-state index is -0.432. The average Bonchev–Trinajstić information content (AvgIpc) is 3.36. The fourth-order valence-electron chi connectivity index (χ4n) is 3.82. The third kappa shape index (κ3) is 4.14. The first-order chi connectivity index (χ1) is 16.1. The summed E-state index contributed by atoms with van der Waals surface area (Å²) in [5.74, 6) is -0.168. The number of hydrogen-bond acceptors (Lipinski definition) is 4. The van der Waals surface area contributed by atoms with Crippen LogP contribution in [0.4, 0.5) is 5.69 Å². The highest BCUT2D eigenvalue weighted by molar-refractivity contribution is 6.12. The number of phenols is 1. The molecule has 2 amide bonds. The van der Waals surface area contributed by atoms with Crippen molar-refractivity contribution >= 4 is 39.0 Å². The van der Waals surface area contributed by atoms with Gasteiger partial charge in [0.1, 0.15) is 11.5 Å². The third-order valence-electron chi connectivity index (χ3n) is 5.50. The van der Waals surface area contributed by atoms with Crippen LogP contribution in [0, 0.1) is 0 Å². The molecule has 0 radical (unpaired) electrons. The number of phenolic OH excluding ortho intramolecular Hbond substituents is 1. The predicted molar refractivity (Wildman–Crippen MR) is 127 cm³/mol. The second-order valence-corrected chi connectivity index (χ2v) is 7.67. The van der Waals surface area contributed by atoms with Crippen LogP contribution in [0.15, 0.2) is 95.6 Å². The van der Waals surface area contributed by atoms with E-state index in [1.165, 1.54) is 6.07 Å². The highest BCUT2D eigenvalue weighted by Crippen LogP contribution is 2.28. The second kappa shape index (κ2) is 8.51. The number of benzene rings is 4. The van der Waals surface area contributed by atoms with Crippen molar-refractivity contribution in [1.29, 1.82) is 0 Å². The summed E-state index contributed by atoms with van der Waals surface area (Å²) in [4.78, 5) is 25.6. The van der Waals surface area contributed by atoms with Gasteiger partial charge in [-0.2, -0.15) is 0 Å². The number of furan rings is 1. The largest absolute Gasteiger partial charge is 0.507 e. The van der Waals surface area contributed by atoms with Gasteiger partial charge in [0.05, 0.1) is 18.4 Å². The van der Waals surface area contributed by atoms with Gasteiger partial charge in [0, 0.05) is 16.6 Å². The first kappa shape index (κ1) is 20.3. The van der Waals surface area contributed by atoms with Crippen molar-refractivity contribution in [3.63, 3.8) is 0 Å². The molecule has 162 valence electrons. The van der Waals surface area contributed by atoms with E-state index < -0.39 is 5.91 Å². The van der Waals surface area contributed by atoms with E-state index in [0.717, 1.165) is 16.2 Å². The fraction of sp³-hybridized carbons (Fsp3) is 0.0370. The smallest absolute Gasteiger partial charge is 0.259 e. The van der Waals surface area contributed by atoms with Crippen LogP contribution in [-0.2, 0) is 6.54 Å². The molecule has 5 aromatic rings. The van der Waals surface area contributed by atoms with Gasteiger partial charge in [-0.15, -0.1) is 0 Å². The monoisotopic (exact) mass is 436 g/mol. The quantitative estimate of drug-likeness (QED) is 0.340. The van der Waals surface area contributed by atoms with Crippen LogP contribution in [0.5, 0.6) is 5.75 Å².